The molecule has 1 atom stereocenters. The lowest BCUT2D eigenvalue weighted by atomic mass is 9.94. The summed E-state index contributed by atoms with van der Waals surface area (Å²) >= 11 is 0. The van der Waals surface area contributed by atoms with Gasteiger partial charge in [-0.2, -0.15) is 5.26 Å². The molecular formula is C9H16N2O3. The normalized spacial score (nSPS) is 13.1. The molecule has 0 saturated carbocycles. The zero-order valence-electron chi connectivity index (χ0n) is 8.70. The summed E-state index contributed by atoms with van der Waals surface area (Å²) in [6, 6.07) is 1.42. The minimum absolute atomic E-state index is 0.207. The van der Waals surface area contributed by atoms with Crippen LogP contribution in [0, 0.1) is 16.7 Å². The zero-order chi connectivity index (χ0) is 11.2. The quantitative estimate of drug-likeness (QED) is 0.636. The predicted molar refractivity (Wildman–Crippen MR) is 50.3 cm³/mol. The van der Waals surface area contributed by atoms with Crippen LogP contribution >= 0.6 is 0 Å². The second-order valence-electron chi connectivity index (χ2n) is 3.55. The molecule has 5 heteroatoms. The van der Waals surface area contributed by atoms with Gasteiger partial charge in [-0.05, 0) is 13.8 Å². The maximum atomic E-state index is 11.4. The summed E-state index contributed by atoms with van der Waals surface area (Å²) < 4.78 is 4.78. The summed E-state index contributed by atoms with van der Waals surface area (Å²) in [6.07, 6.45) is 0. The van der Waals surface area contributed by atoms with Gasteiger partial charge < -0.3 is 15.2 Å². The number of amides is 1. The molecule has 14 heavy (non-hydrogen) atoms. The van der Waals surface area contributed by atoms with Crippen molar-refractivity contribution in [3.63, 3.8) is 0 Å². The Bertz CT molecular complexity index is 233. The first-order valence-corrected chi connectivity index (χ1v) is 4.30. The van der Waals surface area contributed by atoms with E-state index < -0.39 is 17.4 Å². The lowest BCUT2D eigenvalue weighted by Gasteiger charge is -2.20. The van der Waals surface area contributed by atoms with Crippen LogP contribution in [0.5, 0.6) is 0 Å². The smallest absolute Gasteiger partial charge is 0.240 e. The molecule has 0 aromatic heterocycles. The molecule has 1 unspecified atom stereocenters. The van der Waals surface area contributed by atoms with Gasteiger partial charge in [0.15, 0.2) is 0 Å². The van der Waals surface area contributed by atoms with Crippen LogP contribution in [0.4, 0.5) is 0 Å². The highest BCUT2D eigenvalue weighted by Gasteiger charge is 2.28. The number of nitrogens with one attached hydrogen (secondary N) is 1. The van der Waals surface area contributed by atoms with E-state index in [1.54, 1.807) is 0 Å². The van der Waals surface area contributed by atoms with E-state index in [0.29, 0.717) is 0 Å². The summed E-state index contributed by atoms with van der Waals surface area (Å²) in [5, 5.41) is 20.1. The third kappa shape index (κ3) is 3.73. The van der Waals surface area contributed by atoms with Gasteiger partial charge in [0.25, 0.3) is 0 Å². The highest BCUT2D eigenvalue weighted by molar-refractivity contribution is 5.84. The lowest BCUT2D eigenvalue weighted by Crippen LogP contribution is -2.46. The number of carbonyl (C=O) groups excluding carboxylic acids is 1. The topological polar surface area (TPSA) is 82.3 Å². The van der Waals surface area contributed by atoms with Gasteiger partial charge >= 0.3 is 0 Å². The molecule has 0 aromatic rings. The zero-order valence-corrected chi connectivity index (χ0v) is 8.70. The number of hydrogen-bond donors (Lipinski definition) is 2. The average Bonchev–Trinajstić information content (AvgIpc) is 2.16. The maximum Gasteiger partial charge on any atom is 0.240 e. The first-order valence-electron chi connectivity index (χ1n) is 4.30. The molecule has 0 bridgehead atoms. The van der Waals surface area contributed by atoms with E-state index in [1.807, 2.05) is 6.07 Å². The summed E-state index contributed by atoms with van der Waals surface area (Å²) in [4.78, 5) is 11.4. The number of ether oxygens (including phenoxy) is 1. The fraction of sp³-hybridized carbons (Fsp3) is 0.778. The molecule has 0 radical (unpaired) electrons. The number of carbonyl (C=O) groups is 1. The van der Waals surface area contributed by atoms with E-state index >= 15 is 0 Å². The summed E-state index contributed by atoms with van der Waals surface area (Å²) in [5.74, 6) is -0.406. The third-order valence-electron chi connectivity index (χ3n) is 1.77. The van der Waals surface area contributed by atoms with Crippen molar-refractivity contribution < 1.29 is 14.6 Å². The van der Waals surface area contributed by atoms with Crippen molar-refractivity contribution in [3.8, 4) is 6.07 Å². The minimum Gasteiger partial charge on any atom is -0.394 e. The number of methoxy groups -OCH3 is 1. The summed E-state index contributed by atoms with van der Waals surface area (Å²) in [5.41, 5.74) is -1.08. The van der Waals surface area contributed by atoms with Gasteiger partial charge in [-0.3, -0.25) is 4.79 Å². The second-order valence-corrected chi connectivity index (χ2v) is 3.55. The molecule has 0 aromatic carbocycles. The lowest BCUT2D eigenvalue weighted by molar-refractivity contribution is -0.128. The van der Waals surface area contributed by atoms with E-state index in [-0.39, 0.29) is 13.2 Å². The van der Waals surface area contributed by atoms with Crippen molar-refractivity contribution in [2.75, 3.05) is 20.3 Å². The van der Waals surface area contributed by atoms with Crippen LogP contribution in [0.1, 0.15) is 13.8 Å². The molecule has 0 aliphatic rings. The van der Waals surface area contributed by atoms with Gasteiger partial charge in [-0.15, -0.1) is 0 Å². The monoisotopic (exact) mass is 200 g/mol. The molecule has 0 aliphatic heterocycles. The Morgan fingerprint density at radius 1 is 1.71 bits per heavy atom. The molecule has 0 spiro atoms. The van der Waals surface area contributed by atoms with Gasteiger partial charge in [-0.25, -0.2) is 0 Å². The van der Waals surface area contributed by atoms with E-state index in [4.69, 9.17) is 15.1 Å². The number of rotatable bonds is 5. The fourth-order valence-corrected chi connectivity index (χ4v) is 0.758. The van der Waals surface area contributed by atoms with Crippen molar-refractivity contribution in [1.29, 1.82) is 5.26 Å². The number of aliphatic hydroxyl groups is 1. The Morgan fingerprint density at radius 2 is 2.29 bits per heavy atom. The summed E-state index contributed by atoms with van der Waals surface area (Å²) in [7, 11) is 1.48. The van der Waals surface area contributed by atoms with Gasteiger partial charge in [0.2, 0.25) is 5.91 Å². The molecule has 2 N–H and O–H groups in total. The minimum atomic E-state index is -1.08. The highest BCUT2D eigenvalue weighted by atomic mass is 16.5. The van der Waals surface area contributed by atoms with Gasteiger partial charge in [0, 0.05) is 7.11 Å². The van der Waals surface area contributed by atoms with Crippen LogP contribution in [0.3, 0.4) is 0 Å². The fourth-order valence-electron chi connectivity index (χ4n) is 0.758. The van der Waals surface area contributed by atoms with Crippen molar-refractivity contribution >= 4 is 5.91 Å². The van der Waals surface area contributed by atoms with Crippen molar-refractivity contribution in [3.05, 3.63) is 0 Å². The Balaban J connectivity index is 4.24. The Kier molecular flexibility index (Phi) is 5.13. The summed E-state index contributed by atoms with van der Waals surface area (Å²) in [6.45, 7) is 3.05. The number of aliphatic hydroxyl groups excluding tert-OH is 1. The number of nitrogens with zero attached hydrogens (tertiary/aromatic N) is 1. The van der Waals surface area contributed by atoms with Crippen molar-refractivity contribution in [2.45, 2.75) is 19.9 Å². The first kappa shape index (κ1) is 12.9. The Hall–Kier alpha value is -1.12. The van der Waals surface area contributed by atoms with Crippen LogP contribution in [0.2, 0.25) is 0 Å². The van der Waals surface area contributed by atoms with E-state index in [9.17, 15) is 4.79 Å². The van der Waals surface area contributed by atoms with Crippen LogP contribution < -0.4 is 5.32 Å². The van der Waals surface area contributed by atoms with Crippen LogP contribution in [-0.2, 0) is 9.53 Å². The van der Waals surface area contributed by atoms with E-state index in [1.165, 1.54) is 21.0 Å². The number of hydrogen-bond acceptors (Lipinski definition) is 4. The van der Waals surface area contributed by atoms with Crippen molar-refractivity contribution in [2.24, 2.45) is 5.41 Å². The Labute approximate surface area is 83.7 Å². The molecule has 5 nitrogen and oxygen atoms in total. The third-order valence-corrected chi connectivity index (χ3v) is 1.77. The first-order chi connectivity index (χ1) is 6.47. The van der Waals surface area contributed by atoms with Crippen molar-refractivity contribution in [1.82, 2.24) is 5.32 Å². The highest BCUT2D eigenvalue weighted by Crippen LogP contribution is 2.12. The maximum absolute atomic E-state index is 11.4. The molecule has 80 valence electrons. The SMILES string of the molecule is COCC(CO)NC(=O)C(C)(C)C#N. The van der Waals surface area contributed by atoms with Crippen LogP contribution in [0.25, 0.3) is 0 Å². The van der Waals surface area contributed by atoms with E-state index in [2.05, 4.69) is 5.32 Å². The molecule has 1 amide bonds. The van der Waals surface area contributed by atoms with Crippen LogP contribution in [-0.4, -0.2) is 37.4 Å². The predicted octanol–water partition coefficient (Wildman–Crippen LogP) is -0.340. The van der Waals surface area contributed by atoms with Gasteiger partial charge in [-0.1, -0.05) is 0 Å². The molecule has 0 saturated heterocycles. The molecule has 0 aliphatic carbocycles. The molecule has 0 heterocycles. The second kappa shape index (κ2) is 5.58. The Morgan fingerprint density at radius 3 is 2.64 bits per heavy atom. The molecular weight excluding hydrogens is 184 g/mol. The van der Waals surface area contributed by atoms with E-state index in [0.717, 1.165) is 0 Å². The molecule has 0 rings (SSSR count). The standard InChI is InChI=1S/C9H16N2O3/c1-9(2,6-10)8(13)11-7(4-12)5-14-3/h7,12H,4-5H2,1-3H3,(H,11,13). The number of nitriles is 1. The van der Waals surface area contributed by atoms with Crippen LogP contribution in [0.15, 0.2) is 0 Å². The van der Waals surface area contributed by atoms with Gasteiger partial charge in [0.1, 0.15) is 5.41 Å². The average molecular weight is 200 g/mol. The largest absolute Gasteiger partial charge is 0.394 e. The molecule has 0 fully saturated rings. The van der Waals surface area contributed by atoms with Gasteiger partial charge in [0.05, 0.1) is 25.3 Å².